The molecule has 4 heteroatoms. The lowest BCUT2D eigenvalue weighted by molar-refractivity contribution is 0.0496. The minimum atomic E-state index is -0.489. The van der Waals surface area contributed by atoms with Crippen molar-refractivity contribution in [2.24, 2.45) is 0 Å². The number of hydrogen-bond donors (Lipinski definition) is 1. The van der Waals surface area contributed by atoms with E-state index in [1.165, 1.54) is 7.11 Å². The molecule has 0 spiro atoms. The maximum absolute atomic E-state index is 11.4. The second kappa shape index (κ2) is 8.90. The molecule has 0 rings (SSSR count). The Balaban J connectivity index is 0. The van der Waals surface area contributed by atoms with Crippen LogP contribution in [0.5, 0.6) is 0 Å². The third-order valence-electron chi connectivity index (χ3n) is 1.75. The molecule has 0 aliphatic carbocycles. The number of hydrogen-bond acceptors (Lipinski definition) is 3. The van der Waals surface area contributed by atoms with E-state index in [1.807, 2.05) is 41.5 Å². The summed E-state index contributed by atoms with van der Waals surface area (Å²) in [4.78, 5) is 11.4. The Hall–Kier alpha value is -1.19. The molecule has 1 unspecified atom stereocenters. The van der Waals surface area contributed by atoms with Crippen LogP contribution in [0.25, 0.3) is 0 Å². The first-order valence-electron chi connectivity index (χ1n) is 6.02. The average molecular weight is 245 g/mol. The van der Waals surface area contributed by atoms with Gasteiger partial charge in [0.15, 0.2) is 0 Å². The molecule has 1 N–H and O–H groups in total. The molecule has 0 aromatic carbocycles. The molecule has 0 saturated heterocycles. The third-order valence-corrected chi connectivity index (χ3v) is 1.75. The first-order chi connectivity index (χ1) is 7.80. The van der Waals surface area contributed by atoms with Gasteiger partial charge in [-0.1, -0.05) is 27.4 Å². The van der Waals surface area contributed by atoms with Gasteiger partial charge in [-0.05, 0) is 27.2 Å². The van der Waals surface area contributed by atoms with E-state index in [9.17, 15) is 4.79 Å². The summed E-state index contributed by atoms with van der Waals surface area (Å²) in [5.74, 6) is 0.531. The molecule has 1 atom stereocenters. The fourth-order valence-corrected chi connectivity index (χ4v) is 1.00. The van der Waals surface area contributed by atoms with E-state index in [4.69, 9.17) is 9.47 Å². The van der Waals surface area contributed by atoms with E-state index < -0.39 is 11.7 Å². The van der Waals surface area contributed by atoms with Crippen molar-refractivity contribution in [3.63, 3.8) is 0 Å². The highest BCUT2D eigenvalue weighted by Gasteiger charge is 2.20. The van der Waals surface area contributed by atoms with Crippen molar-refractivity contribution in [1.82, 2.24) is 5.32 Å². The zero-order chi connectivity index (χ0) is 14.1. The van der Waals surface area contributed by atoms with Crippen LogP contribution in [-0.4, -0.2) is 24.8 Å². The molecule has 0 fully saturated rings. The predicted octanol–water partition coefficient (Wildman–Crippen LogP) is 3.48. The van der Waals surface area contributed by atoms with E-state index in [1.54, 1.807) is 0 Å². The smallest absolute Gasteiger partial charge is 0.408 e. The Morgan fingerprint density at radius 2 is 1.82 bits per heavy atom. The van der Waals surface area contributed by atoms with Crippen LogP contribution in [0.1, 0.15) is 48.0 Å². The van der Waals surface area contributed by atoms with E-state index in [0.29, 0.717) is 12.2 Å². The van der Waals surface area contributed by atoms with Crippen molar-refractivity contribution < 1.29 is 14.3 Å². The molecular formula is C13H27NO3. The molecule has 0 bridgehead atoms. The summed E-state index contributed by atoms with van der Waals surface area (Å²) < 4.78 is 10.1. The number of alkyl carbamates (subject to hydrolysis) is 1. The molecule has 0 aromatic rings. The fourth-order valence-electron chi connectivity index (χ4n) is 1.00. The van der Waals surface area contributed by atoms with Gasteiger partial charge in [-0.15, -0.1) is 0 Å². The van der Waals surface area contributed by atoms with Crippen molar-refractivity contribution in [3.8, 4) is 0 Å². The summed E-state index contributed by atoms with van der Waals surface area (Å²) in [6, 6.07) is -0.204. The highest BCUT2D eigenvalue weighted by atomic mass is 16.6. The SMILES string of the molecule is C=C(OC)C(CC)NC(=O)OC(C)(C)C.CC. The van der Waals surface area contributed by atoms with Crippen LogP contribution in [0.4, 0.5) is 4.79 Å². The summed E-state index contributed by atoms with van der Waals surface area (Å²) in [6.45, 7) is 15.1. The maximum atomic E-state index is 11.4. The Bertz CT molecular complexity index is 231. The molecule has 0 radical (unpaired) electrons. The summed E-state index contributed by atoms with van der Waals surface area (Å²) >= 11 is 0. The Morgan fingerprint density at radius 1 is 1.35 bits per heavy atom. The lowest BCUT2D eigenvalue weighted by Crippen LogP contribution is -2.39. The van der Waals surface area contributed by atoms with Crippen molar-refractivity contribution >= 4 is 6.09 Å². The monoisotopic (exact) mass is 245 g/mol. The first kappa shape index (κ1) is 18.2. The van der Waals surface area contributed by atoms with Gasteiger partial charge in [0, 0.05) is 0 Å². The fraction of sp³-hybridized carbons (Fsp3) is 0.769. The lowest BCUT2D eigenvalue weighted by Gasteiger charge is -2.23. The van der Waals surface area contributed by atoms with E-state index in [-0.39, 0.29) is 6.04 Å². The quantitative estimate of drug-likeness (QED) is 0.771. The number of amides is 1. The molecule has 1 amide bonds. The van der Waals surface area contributed by atoms with Gasteiger partial charge < -0.3 is 14.8 Å². The van der Waals surface area contributed by atoms with Gasteiger partial charge in [0.2, 0.25) is 0 Å². The largest absolute Gasteiger partial charge is 0.500 e. The van der Waals surface area contributed by atoms with Crippen LogP contribution < -0.4 is 5.32 Å². The molecule has 0 saturated carbocycles. The van der Waals surface area contributed by atoms with Crippen molar-refractivity contribution in [3.05, 3.63) is 12.3 Å². The Morgan fingerprint density at radius 3 is 2.12 bits per heavy atom. The van der Waals surface area contributed by atoms with Crippen LogP contribution in [0.3, 0.4) is 0 Å². The molecule has 0 heterocycles. The Labute approximate surface area is 105 Å². The van der Waals surface area contributed by atoms with Crippen molar-refractivity contribution in [2.45, 2.75) is 59.6 Å². The normalized spacial score (nSPS) is 11.7. The topological polar surface area (TPSA) is 47.6 Å². The first-order valence-corrected chi connectivity index (χ1v) is 6.02. The number of methoxy groups -OCH3 is 1. The average Bonchev–Trinajstić information content (AvgIpc) is 2.25. The molecule has 0 aromatic heterocycles. The standard InChI is InChI=1S/C11H21NO3.C2H6/c1-7-9(8(2)14-6)12-10(13)15-11(3,4)5;1-2/h9H,2,7H2,1,3-6H3,(H,12,13);1-2H3. The maximum Gasteiger partial charge on any atom is 0.408 e. The van der Waals surface area contributed by atoms with Crippen molar-refractivity contribution in [2.75, 3.05) is 7.11 Å². The number of carbonyl (C=O) groups is 1. The van der Waals surface area contributed by atoms with Crippen LogP contribution in [0.2, 0.25) is 0 Å². The van der Waals surface area contributed by atoms with Gasteiger partial charge in [-0.25, -0.2) is 4.79 Å². The number of nitrogens with one attached hydrogen (secondary N) is 1. The van der Waals surface area contributed by atoms with E-state index in [0.717, 1.165) is 0 Å². The third kappa shape index (κ3) is 9.72. The Kier molecular flexibility index (Phi) is 9.52. The zero-order valence-electron chi connectivity index (χ0n) is 12.2. The highest BCUT2D eigenvalue weighted by molar-refractivity contribution is 5.68. The van der Waals surface area contributed by atoms with Crippen molar-refractivity contribution in [1.29, 1.82) is 0 Å². The summed E-state index contributed by atoms with van der Waals surface area (Å²) in [5.41, 5.74) is -0.489. The van der Waals surface area contributed by atoms with Crippen LogP contribution >= 0.6 is 0 Å². The van der Waals surface area contributed by atoms with Crippen LogP contribution in [0.15, 0.2) is 12.3 Å². The number of ether oxygens (including phenoxy) is 2. The molecule has 0 aliphatic heterocycles. The molecule has 0 aliphatic rings. The second-order valence-electron chi connectivity index (χ2n) is 4.28. The minimum Gasteiger partial charge on any atom is -0.500 e. The number of carbonyl (C=O) groups excluding carboxylic acids is 1. The molecule has 102 valence electrons. The molecule has 4 nitrogen and oxygen atoms in total. The van der Waals surface area contributed by atoms with E-state index >= 15 is 0 Å². The van der Waals surface area contributed by atoms with Gasteiger partial charge in [-0.3, -0.25) is 0 Å². The highest BCUT2D eigenvalue weighted by Crippen LogP contribution is 2.09. The van der Waals surface area contributed by atoms with Gasteiger partial charge in [-0.2, -0.15) is 0 Å². The summed E-state index contributed by atoms with van der Waals surface area (Å²) in [5, 5.41) is 2.69. The zero-order valence-corrected chi connectivity index (χ0v) is 12.2. The summed E-state index contributed by atoms with van der Waals surface area (Å²) in [7, 11) is 1.53. The molecule has 17 heavy (non-hydrogen) atoms. The van der Waals surface area contributed by atoms with E-state index in [2.05, 4.69) is 11.9 Å². The molecular weight excluding hydrogens is 218 g/mol. The van der Waals surface area contributed by atoms with Crippen LogP contribution in [0, 0.1) is 0 Å². The lowest BCUT2D eigenvalue weighted by atomic mass is 10.2. The predicted molar refractivity (Wildman–Crippen MR) is 70.9 cm³/mol. The van der Waals surface area contributed by atoms with Gasteiger partial charge in [0.05, 0.1) is 13.2 Å². The van der Waals surface area contributed by atoms with Crippen LogP contribution in [-0.2, 0) is 9.47 Å². The van der Waals surface area contributed by atoms with Gasteiger partial charge >= 0.3 is 6.09 Å². The minimum absolute atomic E-state index is 0.204. The second-order valence-corrected chi connectivity index (χ2v) is 4.28. The van der Waals surface area contributed by atoms with Gasteiger partial charge in [0.1, 0.15) is 11.4 Å². The van der Waals surface area contributed by atoms with Gasteiger partial charge in [0.25, 0.3) is 0 Å². The number of rotatable bonds is 4. The summed E-state index contributed by atoms with van der Waals surface area (Å²) in [6.07, 6.45) is 0.263.